The number of fused-ring (bicyclic) bond motifs is 3. The molecule has 3 aliphatic carbocycles. The Morgan fingerprint density at radius 2 is 1.86 bits per heavy atom. The summed E-state index contributed by atoms with van der Waals surface area (Å²) < 4.78 is 1.38. The van der Waals surface area contributed by atoms with Gasteiger partial charge in [0, 0.05) is 17.7 Å². The molecular weight excluding hydrogens is 578 g/mol. The number of anilines is 1. The van der Waals surface area contributed by atoms with Crippen molar-refractivity contribution in [1.82, 2.24) is 14.5 Å². The van der Waals surface area contributed by atoms with Crippen LogP contribution >= 0.6 is 0 Å². The van der Waals surface area contributed by atoms with E-state index in [9.17, 15) is 49.8 Å². The molecule has 15 nitrogen and oxygen atoms in total. The first kappa shape index (κ1) is 30.9. The summed E-state index contributed by atoms with van der Waals surface area (Å²) in [5.74, 6) is -11.0. The van der Waals surface area contributed by atoms with Gasteiger partial charge in [0.15, 0.2) is 11.4 Å². The molecule has 1 heterocycles. The number of aromatic hydroxyl groups is 1. The lowest BCUT2D eigenvalue weighted by molar-refractivity contribution is -0.169. The normalized spacial score (nSPS) is 28.9. The van der Waals surface area contributed by atoms with Gasteiger partial charge in [0.05, 0.1) is 47.9 Å². The van der Waals surface area contributed by atoms with Crippen molar-refractivity contribution in [2.45, 2.75) is 43.6 Å². The maximum atomic E-state index is 14.1. The fraction of sp³-hybridized carbons (Fsp3) is 0.414. The molecule has 0 saturated heterocycles. The number of benzene rings is 1. The number of hydrogen-bond acceptors (Lipinski definition) is 12. The van der Waals surface area contributed by atoms with E-state index in [1.54, 1.807) is 13.8 Å². The van der Waals surface area contributed by atoms with Gasteiger partial charge >= 0.3 is 0 Å². The quantitative estimate of drug-likeness (QED) is 0.147. The zero-order valence-electron chi connectivity index (χ0n) is 24.2. The molecule has 0 spiro atoms. The van der Waals surface area contributed by atoms with Crippen LogP contribution in [0.25, 0.3) is 5.76 Å². The number of ketones is 2. The van der Waals surface area contributed by atoms with Crippen molar-refractivity contribution < 1.29 is 49.8 Å². The highest BCUT2D eigenvalue weighted by molar-refractivity contribution is 6.24. The molecule has 5 unspecified atom stereocenters. The van der Waals surface area contributed by atoms with Crippen LogP contribution in [-0.4, -0.2) is 107 Å². The van der Waals surface area contributed by atoms with Gasteiger partial charge in [-0.25, -0.2) is 4.98 Å². The van der Waals surface area contributed by atoms with E-state index in [2.05, 4.69) is 10.3 Å². The Morgan fingerprint density at radius 3 is 2.41 bits per heavy atom. The summed E-state index contributed by atoms with van der Waals surface area (Å²) >= 11 is 0. The number of aryl methyl sites for hydroxylation is 1. The van der Waals surface area contributed by atoms with Crippen molar-refractivity contribution in [3.63, 3.8) is 0 Å². The average Bonchev–Trinajstić information content (AvgIpc) is 3.37. The van der Waals surface area contributed by atoms with Crippen molar-refractivity contribution in [2.24, 2.45) is 17.6 Å². The summed E-state index contributed by atoms with van der Waals surface area (Å²) in [4.78, 5) is 57.9. The average molecular weight is 612 g/mol. The topological polar surface area (TPSA) is 249 Å². The summed E-state index contributed by atoms with van der Waals surface area (Å²) in [7, 11) is 2.85. The number of imidazole rings is 1. The second kappa shape index (κ2) is 10.6. The molecule has 1 aromatic heterocycles. The number of phenols is 1. The van der Waals surface area contributed by atoms with E-state index >= 15 is 0 Å². The van der Waals surface area contributed by atoms with Gasteiger partial charge in [0.1, 0.15) is 28.9 Å². The van der Waals surface area contributed by atoms with Crippen LogP contribution in [0.1, 0.15) is 35.7 Å². The number of nitrogens with zero attached hydrogens (tertiary/aromatic N) is 3. The van der Waals surface area contributed by atoms with E-state index in [1.165, 1.54) is 48.2 Å². The molecule has 15 heteroatoms. The van der Waals surface area contributed by atoms with E-state index in [-0.39, 0.29) is 16.8 Å². The van der Waals surface area contributed by atoms with Crippen molar-refractivity contribution in [2.75, 3.05) is 26.0 Å². The molecule has 1 aromatic carbocycles. The Morgan fingerprint density at radius 1 is 1.20 bits per heavy atom. The predicted octanol–water partition coefficient (Wildman–Crippen LogP) is -0.827. The van der Waals surface area contributed by atoms with E-state index in [0.29, 0.717) is 5.69 Å². The number of nitrogens with two attached hydrogens (primary N) is 1. The fourth-order valence-electron chi connectivity index (χ4n) is 6.86. The number of nitrogens with one attached hydrogen (secondary N) is 1. The number of amides is 2. The first-order valence-corrected chi connectivity index (χ1v) is 13.7. The Bertz CT molecular complexity index is 1680. The van der Waals surface area contributed by atoms with Gasteiger partial charge in [-0.3, -0.25) is 24.1 Å². The highest BCUT2D eigenvalue weighted by Crippen LogP contribution is 2.56. The van der Waals surface area contributed by atoms with Crippen molar-refractivity contribution in [3.8, 4) is 5.75 Å². The van der Waals surface area contributed by atoms with Gasteiger partial charge in [-0.15, -0.1) is 0 Å². The minimum absolute atomic E-state index is 0.183. The number of Topliss-reactive ketones (excluding diaryl/α,β-unsaturated/α-hetero) is 2. The van der Waals surface area contributed by atoms with E-state index in [0.717, 1.165) is 0 Å². The van der Waals surface area contributed by atoms with Crippen LogP contribution in [0.4, 0.5) is 5.69 Å². The number of carbonyl (C=O) groups is 4. The minimum Gasteiger partial charge on any atom is -0.508 e. The van der Waals surface area contributed by atoms with Crippen LogP contribution in [0.3, 0.4) is 0 Å². The summed E-state index contributed by atoms with van der Waals surface area (Å²) in [5.41, 5.74) is 1.13. The number of aromatic nitrogens is 2. The van der Waals surface area contributed by atoms with E-state index in [1.807, 2.05) is 0 Å². The third-order valence-corrected chi connectivity index (χ3v) is 8.95. The van der Waals surface area contributed by atoms with Gasteiger partial charge in [-0.2, -0.15) is 0 Å². The van der Waals surface area contributed by atoms with E-state index < -0.39 is 99.9 Å². The maximum Gasteiger partial charge on any atom is 0.255 e. The highest BCUT2D eigenvalue weighted by Gasteiger charge is 2.68. The van der Waals surface area contributed by atoms with Crippen molar-refractivity contribution in [1.29, 1.82) is 0 Å². The molecule has 9 N–H and O–H groups in total. The lowest BCUT2D eigenvalue weighted by Gasteiger charge is -2.53. The van der Waals surface area contributed by atoms with Crippen molar-refractivity contribution in [3.05, 3.63) is 58.4 Å². The zero-order chi connectivity index (χ0) is 32.6. The summed E-state index contributed by atoms with van der Waals surface area (Å²) in [6, 6.07) is 0.242. The second-order valence-corrected chi connectivity index (χ2v) is 11.6. The number of aliphatic hydroxyl groups is 5. The van der Waals surface area contributed by atoms with Gasteiger partial charge in [-0.1, -0.05) is 13.0 Å². The molecule has 5 rings (SSSR count). The zero-order valence-corrected chi connectivity index (χ0v) is 24.2. The van der Waals surface area contributed by atoms with Crippen LogP contribution < -0.4 is 11.1 Å². The standard InChI is InChI=1S/C29H33N5O10/c1-10-7-34(9-31-10)14(8-35)28(43)32-13-6-5-12-11(2)15-17(22(37)16(12)21(13)36)25(40)29(44)19(23(15)38)20(33(3)4)24(39)18(26(29)41)27(30)42/h5-7,9,11,14-15,19-20,23,35-38,41,44H,8H2,1-4H3,(H2,30,42)(H,32,43)/t11?,14?,15?,19?,20-,23?,29-/m0/s1. The molecular formula is C29H33N5O10. The minimum atomic E-state index is -3.04. The summed E-state index contributed by atoms with van der Waals surface area (Å²) in [5, 5.41) is 69.5. The number of aliphatic hydroxyl groups excluding tert-OH is 4. The summed E-state index contributed by atoms with van der Waals surface area (Å²) in [6.45, 7) is 2.69. The molecule has 234 valence electrons. The lowest BCUT2D eigenvalue weighted by atomic mass is 9.54. The molecule has 3 aliphatic rings. The Kier molecular flexibility index (Phi) is 7.40. The second-order valence-electron chi connectivity index (χ2n) is 11.6. The van der Waals surface area contributed by atoms with Crippen LogP contribution in [0.5, 0.6) is 5.75 Å². The number of hydrogen-bond donors (Lipinski definition) is 8. The van der Waals surface area contributed by atoms with Gasteiger partial charge < -0.3 is 46.3 Å². The SMILES string of the molecule is Cc1cn(C(CO)C(=O)Nc2ccc3c(c2O)C(O)=C2C(=O)[C@]4(O)C(O)=C(C(N)=O)C(=O)[C@@H](N(C)C)C4C(O)C2C3C)cn1. The predicted molar refractivity (Wildman–Crippen MR) is 152 cm³/mol. The van der Waals surface area contributed by atoms with Crippen LogP contribution in [0.2, 0.25) is 0 Å². The Balaban J connectivity index is 1.64. The van der Waals surface area contributed by atoms with Crippen molar-refractivity contribution >= 4 is 34.8 Å². The molecule has 1 saturated carbocycles. The third kappa shape index (κ3) is 4.15. The molecule has 7 atom stereocenters. The number of primary amides is 1. The van der Waals surface area contributed by atoms with Gasteiger partial charge in [0.25, 0.3) is 5.91 Å². The molecule has 0 aliphatic heterocycles. The lowest BCUT2D eigenvalue weighted by Crippen LogP contribution is -2.70. The maximum absolute atomic E-state index is 14.1. The molecule has 2 aromatic rings. The Hall–Kier alpha value is -4.57. The number of phenolic OH excluding ortho intramolecular Hbond substituents is 1. The van der Waals surface area contributed by atoms with Crippen LogP contribution in [0, 0.1) is 18.8 Å². The molecule has 0 bridgehead atoms. The number of carbonyl (C=O) groups excluding carboxylic acids is 4. The highest BCUT2D eigenvalue weighted by atomic mass is 16.4. The third-order valence-electron chi connectivity index (χ3n) is 8.95. The van der Waals surface area contributed by atoms with Gasteiger partial charge in [-0.05, 0) is 38.6 Å². The smallest absolute Gasteiger partial charge is 0.255 e. The largest absolute Gasteiger partial charge is 0.508 e. The fourth-order valence-corrected chi connectivity index (χ4v) is 6.86. The number of rotatable bonds is 6. The molecule has 1 fully saturated rings. The Labute approximate surface area is 250 Å². The van der Waals surface area contributed by atoms with Crippen LogP contribution in [-0.2, 0) is 19.2 Å². The molecule has 0 radical (unpaired) electrons. The monoisotopic (exact) mass is 611 g/mol. The number of likely N-dealkylation sites (N-methyl/N-ethyl adjacent to an activating group) is 1. The van der Waals surface area contributed by atoms with Gasteiger partial charge in [0.2, 0.25) is 11.7 Å². The molecule has 44 heavy (non-hydrogen) atoms. The first-order chi connectivity index (χ1) is 20.6. The van der Waals surface area contributed by atoms with E-state index in [4.69, 9.17) is 5.73 Å². The van der Waals surface area contributed by atoms with Crippen LogP contribution in [0.15, 0.2) is 41.6 Å². The first-order valence-electron chi connectivity index (χ1n) is 13.7. The molecule has 2 amide bonds. The summed E-state index contributed by atoms with van der Waals surface area (Å²) in [6.07, 6.45) is 1.17.